The van der Waals surface area contributed by atoms with Crippen molar-refractivity contribution in [3.8, 4) is 0 Å². The molecule has 266 valence electrons. The van der Waals surface area contributed by atoms with Gasteiger partial charge in [0.05, 0.1) is 0 Å². The molecule has 0 fully saturated rings. The zero-order valence-electron chi connectivity index (χ0n) is 27.8. The number of aryl methyl sites for hydroxylation is 4. The van der Waals surface area contributed by atoms with E-state index < -0.39 is 23.9 Å². The van der Waals surface area contributed by atoms with E-state index >= 15 is 0 Å². The first kappa shape index (κ1) is 50.1. The Kier molecular flexibility index (Phi) is 31.0. The molecule has 2 heterocycles. The van der Waals surface area contributed by atoms with Gasteiger partial charge in [0.15, 0.2) is 0 Å². The van der Waals surface area contributed by atoms with Gasteiger partial charge in [0.1, 0.15) is 11.6 Å². The molecule has 0 bridgehead atoms. The second-order valence-corrected chi connectivity index (χ2v) is 9.39. The van der Waals surface area contributed by atoms with Crippen LogP contribution in [0.25, 0.3) is 0 Å². The first-order chi connectivity index (χ1) is 21.4. The third-order valence-electron chi connectivity index (χ3n) is 4.48. The zero-order valence-corrected chi connectivity index (χ0v) is 29.7. The molecule has 0 aliphatic heterocycles. The summed E-state index contributed by atoms with van der Waals surface area (Å²) in [7, 11) is 0. The summed E-state index contributed by atoms with van der Waals surface area (Å²) in [4.78, 5) is 44.0. The molecule has 0 saturated heterocycles. The topological polar surface area (TPSA) is 210 Å². The van der Waals surface area contributed by atoms with Crippen LogP contribution >= 0.6 is 0 Å². The van der Waals surface area contributed by atoms with Gasteiger partial charge in [-0.2, -0.15) is 0 Å². The van der Waals surface area contributed by atoms with Gasteiger partial charge in [-0.1, -0.05) is 35.4 Å². The Balaban J connectivity index is -0.000000273. The smallest absolute Gasteiger partial charge is 0.550 e. The minimum Gasteiger partial charge on any atom is -0.550 e. The van der Waals surface area contributed by atoms with E-state index in [2.05, 4.69) is 96.8 Å². The Bertz CT molecular complexity index is 1330. The number of rotatable bonds is 4. The molecule has 0 atom stereocenters. The van der Waals surface area contributed by atoms with Crippen LogP contribution in [0.4, 0.5) is 23.0 Å². The minimum absolute atomic E-state index is 0. The van der Waals surface area contributed by atoms with Crippen molar-refractivity contribution in [2.75, 3.05) is 10.6 Å². The number of aromatic nitrogens is 2. The van der Waals surface area contributed by atoms with E-state index in [0.717, 1.165) is 50.7 Å². The van der Waals surface area contributed by atoms with Crippen molar-refractivity contribution in [2.24, 2.45) is 0 Å². The molecule has 48 heavy (non-hydrogen) atoms. The summed E-state index contributed by atoms with van der Waals surface area (Å²) in [5.74, 6) is -2.56. The van der Waals surface area contributed by atoms with Crippen LogP contribution in [0.1, 0.15) is 49.9 Å². The molecule has 4 rings (SSSR count). The summed E-state index contributed by atoms with van der Waals surface area (Å²) in [5, 5.41) is 42.1. The number of pyridine rings is 2. The Morgan fingerprint density at radius 1 is 0.458 bits per heavy atom. The van der Waals surface area contributed by atoms with Crippen molar-refractivity contribution in [1.29, 1.82) is 0 Å². The molecule has 0 unspecified atom stereocenters. The van der Waals surface area contributed by atoms with E-state index in [1.165, 1.54) is 22.3 Å². The second-order valence-electron chi connectivity index (χ2n) is 9.39. The number of hydrogen-bond donors (Lipinski definition) is 2. The fraction of sp³-hybridized carbons (Fsp3) is 0.235. The predicted molar refractivity (Wildman–Crippen MR) is 170 cm³/mol. The molecule has 2 aromatic heterocycles. The molecule has 2 N–H and O–H groups in total. The van der Waals surface area contributed by atoms with Gasteiger partial charge in [-0.3, -0.25) is 0 Å². The molecule has 0 spiro atoms. The van der Waals surface area contributed by atoms with Crippen LogP contribution in [0.2, 0.25) is 0 Å². The number of carboxylic acid groups (broad SMARTS) is 4. The number of carboxylic acids is 4. The van der Waals surface area contributed by atoms with E-state index in [0.29, 0.717) is 0 Å². The molecule has 2 aromatic carbocycles. The second kappa shape index (κ2) is 29.6. The van der Waals surface area contributed by atoms with E-state index in [4.69, 9.17) is 39.6 Å². The molecule has 0 amide bonds. The fourth-order valence-electron chi connectivity index (χ4n) is 2.78. The Labute approximate surface area is 303 Å². The van der Waals surface area contributed by atoms with Crippen LogP contribution in [0, 0.1) is 27.7 Å². The van der Waals surface area contributed by atoms with Crippen molar-refractivity contribution < 1.29 is 73.7 Å². The summed E-state index contributed by atoms with van der Waals surface area (Å²) in [6, 6.07) is 24.6. The number of carbonyl (C=O) groups is 4. The van der Waals surface area contributed by atoms with Crippen LogP contribution in [-0.2, 0) is 53.3 Å². The van der Waals surface area contributed by atoms with Gasteiger partial charge in [0.25, 0.3) is 0 Å². The van der Waals surface area contributed by atoms with Gasteiger partial charge in [0.2, 0.25) is 0 Å². The van der Waals surface area contributed by atoms with Crippen molar-refractivity contribution >= 4 is 46.9 Å². The third kappa shape index (κ3) is 35.7. The fourth-order valence-corrected chi connectivity index (χ4v) is 2.78. The van der Waals surface area contributed by atoms with Gasteiger partial charge in [-0.25, -0.2) is 9.97 Å². The quantitative estimate of drug-likeness (QED) is 0.286. The Morgan fingerprint density at radius 3 is 0.896 bits per heavy atom. The van der Waals surface area contributed by atoms with Crippen LogP contribution in [0.5, 0.6) is 0 Å². The monoisotopic (exact) mass is 758 g/mol. The molecule has 0 aliphatic rings. The molecule has 0 aliphatic carbocycles. The number of anilines is 4. The number of carbonyl (C=O) groups excluding carboxylic acids is 4. The summed E-state index contributed by atoms with van der Waals surface area (Å²) in [6.45, 7) is 12.2. The molecule has 2 radical (unpaired) electrons. The first-order valence-electron chi connectivity index (χ1n) is 13.6. The zero-order chi connectivity index (χ0) is 35.7. The number of aliphatic carboxylic acids is 4. The molecule has 14 heteroatoms. The molecular weight excluding hydrogens is 719 g/mol. The standard InChI is InChI=1S/2C13H14N2.4C2H4O2.2Cu/c2*1-10-3-5-12(6-4-10)15-13-9-11(2)7-8-14-13;4*1-2(3)4;;/h2*3-9H,1-2H3,(H,14,15);4*1H3,(H,3,4);;/q;;;;;;2*+2/p-4. The normalized spacial score (nSPS) is 8.33. The SMILES string of the molecule is CC(=O)[O-].CC(=O)[O-].CC(=O)[O-].CC(=O)[O-].Cc1ccc(Nc2cc(C)ccn2)cc1.Cc1ccc(Nc2cc(C)ccn2)cc1.[Cu+2].[Cu+2]. The first-order valence-corrected chi connectivity index (χ1v) is 13.6. The average molecular weight is 760 g/mol. The predicted octanol–water partition coefficient (Wildman–Crippen LogP) is 1.90. The third-order valence-corrected chi connectivity index (χ3v) is 4.48. The van der Waals surface area contributed by atoms with E-state index in [1.807, 2.05) is 36.7 Å². The number of hydrogen-bond acceptors (Lipinski definition) is 12. The van der Waals surface area contributed by atoms with Gasteiger partial charge in [-0.15, -0.1) is 0 Å². The number of nitrogens with zero attached hydrogens (tertiary/aromatic N) is 2. The van der Waals surface area contributed by atoms with Crippen molar-refractivity contribution in [3.63, 3.8) is 0 Å². The van der Waals surface area contributed by atoms with Crippen molar-refractivity contribution in [2.45, 2.75) is 55.4 Å². The maximum Gasteiger partial charge on any atom is 2.00 e. The van der Waals surface area contributed by atoms with E-state index in [9.17, 15) is 0 Å². The van der Waals surface area contributed by atoms with Crippen LogP contribution in [0.3, 0.4) is 0 Å². The molecule has 0 saturated carbocycles. The van der Waals surface area contributed by atoms with Crippen molar-refractivity contribution in [1.82, 2.24) is 9.97 Å². The van der Waals surface area contributed by atoms with Crippen LogP contribution in [0.15, 0.2) is 85.2 Å². The molecule has 4 aromatic rings. The van der Waals surface area contributed by atoms with Gasteiger partial charge in [-0.05, 0) is 115 Å². The average Bonchev–Trinajstić information content (AvgIpc) is 2.91. The van der Waals surface area contributed by atoms with Gasteiger partial charge in [0, 0.05) is 47.6 Å². The maximum absolute atomic E-state index is 8.89. The van der Waals surface area contributed by atoms with E-state index in [1.54, 1.807) is 0 Å². The summed E-state index contributed by atoms with van der Waals surface area (Å²) < 4.78 is 0. The molecule has 12 nitrogen and oxygen atoms in total. The van der Waals surface area contributed by atoms with Crippen LogP contribution < -0.4 is 31.1 Å². The summed E-state index contributed by atoms with van der Waals surface area (Å²) in [6.07, 6.45) is 3.62. The Morgan fingerprint density at radius 2 is 0.688 bits per heavy atom. The largest absolute Gasteiger partial charge is 2.00 e. The number of nitrogens with one attached hydrogen (secondary N) is 2. The number of benzene rings is 2. The van der Waals surface area contributed by atoms with Gasteiger partial charge < -0.3 is 50.2 Å². The Hall–Kier alpha value is -4.74. The summed E-state index contributed by atoms with van der Waals surface area (Å²) in [5.41, 5.74) is 7.08. The van der Waals surface area contributed by atoms with E-state index in [-0.39, 0.29) is 34.1 Å². The molecular formula is C34H40Cu2N4O8. The van der Waals surface area contributed by atoms with Crippen LogP contribution in [-0.4, -0.2) is 33.8 Å². The van der Waals surface area contributed by atoms with Gasteiger partial charge >= 0.3 is 34.1 Å². The minimum atomic E-state index is -1.08. The summed E-state index contributed by atoms with van der Waals surface area (Å²) >= 11 is 0. The van der Waals surface area contributed by atoms with Crippen molar-refractivity contribution in [3.05, 3.63) is 107 Å². The maximum atomic E-state index is 8.89.